The van der Waals surface area contributed by atoms with Crippen molar-refractivity contribution in [1.82, 2.24) is 4.90 Å². The van der Waals surface area contributed by atoms with Crippen molar-refractivity contribution >= 4 is 0 Å². The van der Waals surface area contributed by atoms with E-state index in [1.54, 1.807) is 7.11 Å². The molecule has 0 aliphatic carbocycles. The van der Waals surface area contributed by atoms with E-state index in [9.17, 15) is 5.11 Å². The molecule has 3 heteroatoms. The van der Waals surface area contributed by atoms with Gasteiger partial charge in [0, 0.05) is 6.99 Å². The van der Waals surface area contributed by atoms with Crippen LogP contribution in [0.3, 0.4) is 0 Å². The first-order chi connectivity index (χ1) is 8.61. The summed E-state index contributed by atoms with van der Waals surface area (Å²) in [6, 6.07) is 6.03. The van der Waals surface area contributed by atoms with Crippen molar-refractivity contribution in [2.24, 2.45) is 5.92 Å². The Morgan fingerprint density at radius 3 is 2.45 bits per heavy atom. The molecule has 1 atom stereocenters. The highest BCUT2D eigenvalue weighted by Gasteiger charge is 2.26. The molecule has 3 nitrogen and oxygen atoms in total. The molecule has 2 rings (SSSR count). The number of piperidine rings is 1. The van der Waals surface area contributed by atoms with Crippen molar-refractivity contribution in [3.63, 3.8) is 0 Å². The number of methoxy groups -OCH3 is 1. The molecule has 1 N–H and O–H groups in total. The number of aliphatic hydroxyl groups excluding tert-OH is 1. The second-order valence-electron chi connectivity index (χ2n) is 5.33. The number of nitrogens with zero attached hydrogens (tertiary/aromatic N) is 1. The Hall–Kier alpha value is -1.06. The molecule has 1 aromatic rings. The van der Waals surface area contributed by atoms with E-state index in [4.69, 9.17) is 4.74 Å². The van der Waals surface area contributed by atoms with Crippen molar-refractivity contribution in [2.45, 2.75) is 40.7 Å². The van der Waals surface area contributed by atoms with E-state index >= 15 is 0 Å². The second kappa shape index (κ2) is 8.28. The Kier molecular flexibility index (Phi) is 7.84. The summed E-state index contributed by atoms with van der Waals surface area (Å²) in [5, 5.41) is 10.5. The van der Waals surface area contributed by atoms with E-state index in [1.165, 1.54) is 0 Å². The fourth-order valence-electron chi connectivity index (χ4n) is 2.66. The van der Waals surface area contributed by atoms with Crippen molar-refractivity contribution in [2.75, 3.05) is 27.2 Å². The van der Waals surface area contributed by atoms with Crippen LogP contribution in [-0.2, 0) is 0 Å². The first-order valence-electron chi connectivity index (χ1n) is 6.63. The van der Waals surface area contributed by atoms with Gasteiger partial charge in [0.05, 0.1) is 13.2 Å². The van der Waals surface area contributed by atoms with Crippen LogP contribution in [0.1, 0.15) is 46.4 Å². The molecule has 0 bridgehead atoms. The van der Waals surface area contributed by atoms with Crippen LogP contribution in [0, 0.1) is 12.8 Å². The Morgan fingerprint density at radius 1 is 1.30 bits per heavy atom. The molecule has 1 aliphatic rings. The molecule has 0 radical (unpaired) electrons. The number of ether oxygens (including phenoxy) is 1. The van der Waals surface area contributed by atoms with Gasteiger partial charge in [-0.25, -0.2) is 0 Å². The minimum absolute atomic E-state index is 0. The summed E-state index contributed by atoms with van der Waals surface area (Å²) in [5.41, 5.74) is 2.09. The highest BCUT2D eigenvalue weighted by atomic mass is 16.5. The third-order valence-corrected chi connectivity index (χ3v) is 3.92. The number of benzene rings is 1. The van der Waals surface area contributed by atoms with E-state index < -0.39 is 6.10 Å². The summed E-state index contributed by atoms with van der Waals surface area (Å²) in [6.45, 7) is 4.17. The molecule has 1 saturated heterocycles. The Morgan fingerprint density at radius 2 is 1.90 bits per heavy atom. The Bertz CT molecular complexity index is 404. The lowest BCUT2D eigenvalue weighted by molar-refractivity contribution is 0.0639. The van der Waals surface area contributed by atoms with Crippen molar-refractivity contribution in [3.05, 3.63) is 29.3 Å². The average molecular weight is 283 g/mol. The van der Waals surface area contributed by atoms with Gasteiger partial charge < -0.3 is 14.7 Å². The van der Waals surface area contributed by atoms with Gasteiger partial charge >= 0.3 is 0 Å². The SMILES string of the molecule is C.C.COc1cc(C)ccc1C(O)C1CCN(C)CC1.[HH]. The van der Waals surface area contributed by atoms with E-state index in [0.717, 1.165) is 42.8 Å². The summed E-state index contributed by atoms with van der Waals surface area (Å²) in [4.78, 5) is 2.32. The van der Waals surface area contributed by atoms with E-state index in [-0.39, 0.29) is 16.3 Å². The zero-order valence-electron chi connectivity index (χ0n) is 11.5. The standard InChI is InChI=1S/C15H23NO2.2CH4.H2/c1-11-4-5-13(14(10-11)18-3)15(17)12-6-8-16(2)9-7-12;;;/h4-5,10,12,15,17H,6-9H2,1-3H3;2*1H4;1H. The Labute approximate surface area is 126 Å². The molecule has 1 aliphatic heterocycles. The molecule has 0 saturated carbocycles. The van der Waals surface area contributed by atoms with Gasteiger partial charge in [0.2, 0.25) is 0 Å². The molecule has 1 unspecified atom stereocenters. The van der Waals surface area contributed by atoms with Gasteiger partial charge in [-0.3, -0.25) is 0 Å². The minimum Gasteiger partial charge on any atom is -0.496 e. The van der Waals surface area contributed by atoms with Crippen LogP contribution in [0.5, 0.6) is 5.75 Å². The lowest BCUT2D eigenvalue weighted by Crippen LogP contribution is -2.32. The van der Waals surface area contributed by atoms with Crippen LogP contribution in [-0.4, -0.2) is 37.3 Å². The van der Waals surface area contributed by atoms with Crippen LogP contribution in [0.15, 0.2) is 18.2 Å². The van der Waals surface area contributed by atoms with Gasteiger partial charge in [0.25, 0.3) is 0 Å². The summed E-state index contributed by atoms with van der Waals surface area (Å²) in [6.07, 6.45) is 1.69. The molecule has 1 fully saturated rings. The van der Waals surface area contributed by atoms with Crippen molar-refractivity contribution in [1.29, 1.82) is 0 Å². The molecular weight excluding hydrogens is 250 g/mol. The molecule has 0 spiro atoms. The number of aryl methyl sites for hydroxylation is 1. The van der Waals surface area contributed by atoms with Crippen LogP contribution < -0.4 is 4.74 Å². The predicted octanol–water partition coefficient (Wildman–Crippen LogP) is 3.90. The monoisotopic (exact) mass is 283 g/mol. The van der Waals surface area contributed by atoms with Gasteiger partial charge in [-0.2, -0.15) is 0 Å². The first kappa shape index (κ1) is 18.9. The summed E-state index contributed by atoms with van der Waals surface area (Å²) in [5.74, 6) is 1.15. The number of aliphatic hydroxyl groups is 1. The molecule has 0 aromatic heterocycles. The maximum atomic E-state index is 10.5. The van der Waals surface area contributed by atoms with Crippen LogP contribution in [0.4, 0.5) is 0 Å². The smallest absolute Gasteiger partial charge is 0.124 e. The summed E-state index contributed by atoms with van der Waals surface area (Å²) >= 11 is 0. The van der Waals surface area contributed by atoms with Gasteiger partial charge in [-0.05, 0) is 57.5 Å². The van der Waals surface area contributed by atoms with Crippen molar-refractivity contribution in [3.8, 4) is 5.75 Å². The maximum Gasteiger partial charge on any atom is 0.124 e. The van der Waals surface area contributed by atoms with E-state index in [0.29, 0.717) is 5.92 Å². The Balaban J connectivity index is 0. The van der Waals surface area contributed by atoms with Gasteiger partial charge in [-0.1, -0.05) is 27.0 Å². The average Bonchev–Trinajstić information content (AvgIpc) is 2.38. The highest BCUT2D eigenvalue weighted by Crippen LogP contribution is 2.35. The third kappa shape index (κ3) is 4.22. The number of rotatable bonds is 3. The fraction of sp³-hybridized carbons (Fsp3) is 0.647. The largest absolute Gasteiger partial charge is 0.496 e. The maximum absolute atomic E-state index is 10.5. The van der Waals surface area contributed by atoms with Crippen LogP contribution in [0.25, 0.3) is 0 Å². The number of likely N-dealkylation sites (tertiary alicyclic amines) is 1. The predicted molar refractivity (Wildman–Crippen MR) is 88.5 cm³/mol. The third-order valence-electron chi connectivity index (χ3n) is 3.92. The van der Waals surface area contributed by atoms with Crippen LogP contribution in [0.2, 0.25) is 0 Å². The lowest BCUT2D eigenvalue weighted by Gasteiger charge is -2.32. The molecule has 20 heavy (non-hydrogen) atoms. The molecule has 0 amide bonds. The molecule has 1 heterocycles. The molecule has 118 valence electrons. The summed E-state index contributed by atoms with van der Waals surface area (Å²) in [7, 11) is 3.80. The zero-order chi connectivity index (χ0) is 13.1. The first-order valence-corrected chi connectivity index (χ1v) is 6.63. The van der Waals surface area contributed by atoms with E-state index in [1.807, 2.05) is 25.1 Å². The molecule has 1 aromatic carbocycles. The summed E-state index contributed by atoms with van der Waals surface area (Å²) < 4.78 is 5.39. The van der Waals surface area contributed by atoms with Crippen LogP contribution >= 0.6 is 0 Å². The number of hydrogen-bond donors (Lipinski definition) is 1. The highest BCUT2D eigenvalue weighted by molar-refractivity contribution is 5.38. The quantitative estimate of drug-likeness (QED) is 0.913. The number of hydrogen-bond acceptors (Lipinski definition) is 3. The normalized spacial score (nSPS) is 17.8. The molecular formula is C17H33NO2. The minimum atomic E-state index is -0.408. The van der Waals surface area contributed by atoms with Crippen molar-refractivity contribution < 1.29 is 11.3 Å². The van der Waals surface area contributed by atoms with Gasteiger partial charge in [0.1, 0.15) is 5.75 Å². The van der Waals surface area contributed by atoms with E-state index in [2.05, 4.69) is 11.9 Å². The zero-order valence-corrected chi connectivity index (χ0v) is 11.5. The van der Waals surface area contributed by atoms with Gasteiger partial charge in [-0.15, -0.1) is 0 Å². The second-order valence-corrected chi connectivity index (χ2v) is 5.33. The topological polar surface area (TPSA) is 32.7 Å². The fourth-order valence-corrected chi connectivity index (χ4v) is 2.66. The van der Waals surface area contributed by atoms with Gasteiger partial charge in [0.15, 0.2) is 0 Å². The lowest BCUT2D eigenvalue weighted by atomic mass is 9.87.